The van der Waals surface area contributed by atoms with E-state index < -0.39 is 0 Å². The summed E-state index contributed by atoms with van der Waals surface area (Å²) >= 11 is 0. The lowest BCUT2D eigenvalue weighted by Crippen LogP contribution is -2.34. The molecule has 1 atom stereocenters. The average Bonchev–Trinajstić information content (AvgIpc) is 2.55. The van der Waals surface area contributed by atoms with E-state index in [-0.39, 0.29) is 18.3 Å². The van der Waals surface area contributed by atoms with Crippen molar-refractivity contribution >= 4 is 12.1 Å². The smallest absolute Gasteiger partial charge is 0.199 e. The van der Waals surface area contributed by atoms with Crippen molar-refractivity contribution in [3.63, 3.8) is 0 Å². The topological polar surface area (TPSA) is 52.6 Å². The molecule has 0 spiro atoms. The maximum absolute atomic E-state index is 11.2. The number of hydrogen-bond donors (Lipinski definition) is 0. The summed E-state index contributed by atoms with van der Waals surface area (Å²) in [6, 6.07) is 5.82. The molecule has 21 heavy (non-hydrogen) atoms. The highest BCUT2D eigenvalue weighted by molar-refractivity contribution is 6.25. The molecule has 2 aliphatic heterocycles. The van der Waals surface area contributed by atoms with Gasteiger partial charge in [-0.25, -0.2) is 0 Å². The van der Waals surface area contributed by atoms with E-state index in [1.165, 1.54) is 0 Å². The van der Waals surface area contributed by atoms with Gasteiger partial charge in [-0.15, -0.1) is 0 Å². The van der Waals surface area contributed by atoms with Crippen LogP contribution < -0.4 is 4.74 Å². The van der Waals surface area contributed by atoms with E-state index in [0.29, 0.717) is 12.2 Å². The highest BCUT2D eigenvalue weighted by atomic mass is 16.5. The second-order valence-electron chi connectivity index (χ2n) is 5.85. The van der Waals surface area contributed by atoms with Gasteiger partial charge in [0, 0.05) is 25.6 Å². The Morgan fingerprint density at radius 2 is 2.05 bits per heavy atom. The van der Waals surface area contributed by atoms with Crippen LogP contribution in [0.2, 0.25) is 0 Å². The molecule has 2 heterocycles. The molecular formula is C17H20O4. The normalized spacial score (nSPS) is 22.2. The summed E-state index contributed by atoms with van der Waals surface area (Å²) < 4.78 is 11.6. The van der Waals surface area contributed by atoms with Crippen LogP contribution in [0.5, 0.6) is 5.75 Å². The van der Waals surface area contributed by atoms with E-state index in [9.17, 15) is 9.59 Å². The number of Topliss-reactive ketones (excluding diaryl/α,β-unsaturated/α-hetero) is 1. The number of fused-ring (bicyclic) bond motifs is 1. The molecule has 4 heteroatoms. The van der Waals surface area contributed by atoms with Gasteiger partial charge >= 0.3 is 0 Å². The van der Waals surface area contributed by atoms with E-state index in [4.69, 9.17) is 9.47 Å². The van der Waals surface area contributed by atoms with E-state index in [0.717, 1.165) is 55.8 Å². The van der Waals surface area contributed by atoms with Gasteiger partial charge in [-0.3, -0.25) is 9.59 Å². The number of hydrogen-bond acceptors (Lipinski definition) is 4. The van der Waals surface area contributed by atoms with Crippen molar-refractivity contribution in [1.29, 1.82) is 0 Å². The van der Waals surface area contributed by atoms with Crippen LogP contribution in [0.4, 0.5) is 0 Å². The first-order valence-electron chi connectivity index (χ1n) is 7.60. The molecule has 0 amide bonds. The molecule has 4 nitrogen and oxygen atoms in total. The lowest BCUT2D eigenvalue weighted by atomic mass is 9.87. The van der Waals surface area contributed by atoms with Crippen LogP contribution in [0, 0.1) is 5.92 Å². The Hall–Kier alpha value is -1.68. The van der Waals surface area contributed by atoms with Crippen molar-refractivity contribution in [2.24, 2.45) is 5.92 Å². The van der Waals surface area contributed by atoms with Crippen molar-refractivity contribution in [3.8, 4) is 5.75 Å². The number of aryl methyl sites for hydroxylation is 1. The Kier molecular flexibility index (Phi) is 4.34. The lowest BCUT2D eigenvalue weighted by molar-refractivity contribution is -0.129. The number of ether oxygens (including phenoxy) is 2. The molecule has 3 rings (SSSR count). The van der Waals surface area contributed by atoms with Crippen molar-refractivity contribution in [2.45, 2.75) is 38.2 Å². The van der Waals surface area contributed by atoms with E-state index in [1.807, 2.05) is 18.2 Å². The van der Waals surface area contributed by atoms with Crippen LogP contribution >= 0.6 is 0 Å². The van der Waals surface area contributed by atoms with Gasteiger partial charge in [-0.2, -0.15) is 0 Å². The zero-order valence-corrected chi connectivity index (χ0v) is 12.0. The third-order valence-electron chi connectivity index (χ3n) is 4.40. The summed E-state index contributed by atoms with van der Waals surface area (Å²) in [4.78, 5) is 21.6. The zero-order chi connectivity index (χ0) is 14.7. The van der Waals surface area contributed by atoms with Gasteiger partial charge < -0.3 is 9.47 Å². The van der Waals surface area contributed by atoms with E-state index in [1.54, 1.807) is 0 Å². The Morgan fingerprint density at radius 1 is 1.24 bits per heavy atom. The molecule has 2 aliphatic rings. The predicted octanol–water partition coefficient (Wildman–Crippen LogP) is 2.12. The first-order valence-corrected chi connectivity index (χ1v) is 7.60. The number of carbonyl (C=O) groups excluding carboxylic acids is 2. The van der Waals surface area contributed by atoms with Crippen LogP contribution in [0.25, 0.3) is 0 Å². The maximum Gasteiger partial charge on any atom is 0.199 e. The molecule has 1 unspecified atom stereocenters. The summed E-state index contributed by atoms with van der Waals surface area (Å²) in [6.07, 6.45) is 4.99. The van der Waals surface area contributed by atoms with Gasteiger partial charge in [-0.1, -0.05) is 12.1 Å². The van der Waals surface area contributed by atoms with E-state index in [2.05, 4.69) is 0 Å². The van der Waals surface area contributed by atoms with Crippen LogP contribution in [0.15, 0.2) is 18.2 Å². The quantitative estimate of drug-likeness (QED) is 0.629. The minimum absolute atomic E-state index is 0.181. The highest BCUT2D eigenvalue weighted by Crippen LogP contribution is 2.34. The standard InChI is InChI=1S/C17H20O4/c18-11-15(19)10-12-1-3-17-14(9-12)2-4-16(21-17)13-5-7-20-8-6-13/h1,3,9,11,13,16H,2,4-8,10H2. The average molecular weight is 288 g/mol. The Bertz CT molecular complexity index is 532. The second-order valence-corrected chi connectivity index (χ2v) is 5.85. The predicted molar refractivity (Wildman–Crippen MR) is 77.5 cm³/mol. The SMILES string of the molecule is O=CC(=O)Cc1ccc2c(c1)CCC(C1CCOCC1)O2. The van der Waals surface area contributed by atoms with Crippen LogP contribution in [-0.2, 0) is 27.2 Å². The van der Waals surface area contributed by atoms with Gasteiger partial charge in [-0.05, 0) is 42.9 Å². The lowest BCUT2D eigenvalue weighted by Gasteiger charge is -2.34. The van der Waals surface area contributed by atoms with Gasteiger partial charge in [0.25, 0.3) is 0 Å². The van der Waals surface area contributed by atoms with Crippen molar-refractivity contribution in [3.05, 3.63) is 29.3 Å². The Balaban J connectivity index is 1.69. The molecule has 0 bridgehead atoms. The van der Waals surface area contributed by atoms with Crippen LogP contribution in [0.1, 0.15) is 30.4 Å². The molecule has 0 N–H and O–H groups in total. The molecule has 0 aliphatic carbocycles. The molecular weight excluding hydrogens is 268 g/mol. The van der Waals surface area contributed by atoms with E-state index >= 15 is 0 Å². The fourth-order valence-corrected chi connectivity index (χ4v) is 3.24. The maximum atomic E-state index is 11.2. The third kappa shape index (κ3) is 3.32. The fourth-order valence-electron chi connectivity index (χ4n) is 3.24. The number of rotatable bonds is 4. The van der Waals surface area contributed by atoms with Gasteiger partial charge in [0.2, 0.25) is 0 Å². The van der Waals surface area contributed by atoms with Crippen molar-refractivity contribution < 1.29 is 19.1 Å². The number of benzene rings is 1. The molecule has 0 saturated carbocycles. The summed E-state index contributed by atoms with van der Waals surface area (Å²) in [6.45, 7) is 1.67. The molecule has 1 fully saturated rings. The monoisotopic (exact) mass is 288 g/mol. The summed E-state index contributed by atoms with van der Waals surface area (Å²) in [5, 5.41) is 0. The second kappa shape index (κ2) is 6.39. The highest BCUT2D eigenvalue weighted by Gasteiger charge is 2.29. The van der Waals surface area contributed by atoms with Crippen LogP contribution in [-0.4, -0.2) is 31.4 Å². The molecule has 0 aromatic heterocycles. The first-order chi connectivity index (χ1) is 10.3. The largest absolute Gasteiger partial charge is 0.490 e. The summed E-state index contributed by atoms with van der Waals surface area (Å²) in [5.74, 6) is 1.13. The molecule has 0 radical (unpaired) electrons. The zero-order valence-electron chi connectivity index (χ0n) is 12.0. The molecule has 112 valence electrons. The summed E-state index contributed by atoms with van der Waals surface area (Å²) in [7, 11) is 0. The minimum atomic E-state index is -0.383. The van der Waals surface area contributed by atoms with Crippen molar-refractivity contribution in [2.75, 3.05) is 13.2 Å². The van der Waals surface area contributed by atoms with Gasteiger partial charge in [0.05, 0.1) is 0 Å². The fraction of sp³-hybridized carbons (Fsp3) is 0.529. The van der Waals surface area contributed by atoms with Crippen LogP contribution in [0.3, 0.4) is 0 Å². The number of aldehydes is 1. The third-order valence-corrected chi connectivity index (χ3v) is 4.40. The first kappa shape index (κ1) is 14.3. The number of carbonyl (C=O) groups is 2. The number of ketones is 1. The Morgan fingerprint density at radius 3 is 2.81 bits per heavy atom. The summed E-state index contributed by atoms with van der Waals surface area (Å²) in [5.41, 5.74) is 2.04. The van der Waals surface area contributed by atoms with Gasteiger partial charge in [0.1, 0.15) is 11.9 Å². The minimum Gasteiger partial charge on any atom is -0.490 e. The molecule has 1 saturated heterocycles. The molecule has 1 aromatic carbocycles. The molecule has 1 aromatic rings. The van der Waals surface area contributed by atoms with Gasteiger partial charge in [0.15, 0.2) is 12.1 Å². The Labute approximate surface area is 124 Å². The van der Waals surface area contributed by atoms with Crippen molar-refractivity contribution in [1.82, 2.24) is 0 Å².